The molecule has 0 radical (unpaired) electrons. The van der Waals surface area contributed by atoms with Crippen molar-refractivity contribution >= 4 is 5.84 Å². The molecule has 3 unspecified atom stereocenters. The highest BCUT2D eigenvalue weighted by molar-refractivity contribution is 5.80. The van der Waals surface area contributed by atoms with Crippen LogP contribution in [0.2, 0.25) is 0 Å². The second-order valence-electron chi connectivity index (χ2n) is 8.47. The van der Waals surface area contributed by atoms with Crippen molar-refractivity contribution in [3.05, 3.63) is 35.9 Å². The van der Waals surface area contributed by atoms with Crippen LogP contribution in [0.15, 0.2) is 35.4 Å². The number of nitrogens with zero attached hydrogens (tertiary/aromatic N) is 3. The van der Waals surface area contributed by atoms with Crippen molar-refractivity contribution in [3.8, 4) is 0 Å². The predicted octanol–water partition coefficient (Wildman–Crippen LogP) is 4.21. The summed E-state index contributed by atoms with van der Waals surface area (Å²) >= 11 is 0. The standard InChI is InChI=1S/C22H36N4/c1-5-22(16(2)3)26(17(4)24-23)21-13-19-11-12-20(14-21)25(19)15-18-9-7-6-8-10-18/h6-10,16,19-22H,5,11-15,23H2,1-4H3/b24-17-. The van der Waals surface area contributed by atoms with Gasteiger partial charge in [-0.1, -0.05) is 51.1 Å². The highest BCUT2D eigenvalue weighted by atomic mass is 15.3. The van der Waals surface area contributed by atoms with Gasteiger partial charge in [-0.05, 0) is 50.5 Å². The van der Waals surface area contributed by atoms with Crippen LogP contribution in [0.3, 0.4) is 0 Å². The molecule has 0 aromatic heterocycles. The summed E-state index contributed by atoms with van der Waals surface area (Å²) in [7, 11) is 0. The second-order valence-corrected chi connectivity index (χ2v) is 8.47. The van der Waals surface area contributed by atoms with E-state index in [9.17, 15) is 0 Å². The van der Waals surface area contributed by atoms with Crippen molar-refractivity contribution < 1.29 is 0 Å². The fraction of sp³-hybridized carbons (Fsp3) is 0.682. The Labute approximate surface area is 159 Å². The van der Waals surface area contributed by atoms with Crippen LogP contribution in [0.5, 0.6) is 0 Å². The summed E-state index contributed by atoms with van der Waals surface area (Å²) in [6.45, 7) is 10.1. The number of hydrazone groups is 1. The summed E-state index contributed by atoms with van der Waals surface area (Å²) in [4.78, 5) is 5.32. The van der Waals surface area contributed by atoms with Crippen LogP contribution < -0.4 is 5.84 Å². The largest absolute Gasteiger partial charge is 0.353 e. The first-order valence-electron chi connectivity index (χ1n) is 10.4. The Kier molecular flexibility index (Phi) is 6.23. The van der Waals surface area contributed by atoms with Crippen molar-refractivity contribution in [3.63, 3.8) is 0 Å². The SMILES string of the molecule is CCC(C(C)C)N(/C(C)=N\N)C1CC2CCC(C1)N2Cc1ccccc1. The number of benzene rings is 1. The zero-order valence-electron chi connectivity index (χ0n) is 16.9. The van der Waals surface area contributed by atoms with Gasteiger partial charge in [-0.15, -0.1) is 0 Å². The third-order valence-corrected chi connectivity index (χ3v) is 6.57. The minimum atomic E-state index is 0.521. The van der Waals surface area contributed by atoms with Crippen LogP contribution in [0.1, 0.15) is 65.4 Å². The molecule has 3 rings (SSSR count). The summed E-state index contributed by atoms with van der Waals surface area (Å²) in [5.41, 5.74) is 1.44. The van der Waals surface area contributed by atoms with Crippen molar-refractivity contribution in [2.45, 2.75) is 90.5 Å². The van der Waals surface area contributed by atoms with E-state index in [0.717, 1.165) is 18.8 Å². The molecular weight excluding hydrogens is 320 g/mol. The average Bonchev–Trinajstić information content (AvgIpc) is 2.87. The maximum atomic E-state index is 5.72. The highest BCUT2D eigenvalue weighted by Crippen LogP contribution is 2.40. The summed E-state index contributed by atoms with van der Waals surface area (Å²) in [6, 6.07) is 13.4. The van der Waals surface area contributed by atoms with Gasteiger partial charge in [0.25, 0.3) is 0 Å². The van der Waals surface area contributed by atoms with Gasteiger partial charge >= 0.3 is 0 Å². The Morgan fingerprint density at radius 3 is 2.31 bits per heavy atom. The van der Waals surface area contributed by atoms with E-state index < -0.39 is 0 Å². The Morgan fingerprint density at radius 2 is 1.81 bits per heavy atom. The number of fused-ring (bicyclic) bond motifs is 2. The molecule has 4 nitrogen and oxygen atoms in total. The second kappa shape index (κ2) is 8.43. The molecule has 26 heavy (non-hydrogen) atoms. The van der Waals surface area contributed by atoms with Gasteiger partial charge in [0.1, 0.15) is 5.84 Å². The maximum absolute atomic E-state index is 5.72. The molecule has 1 aromatic rings. The molecule has 2 N–H and O–H groups in total. The Hall–Kier alpha value is -1.55. The van der Waals surface area contributed by atoms with E-state index in [4.69, 9.17) is 5.84 Å². The first kappa shape index (κ1) is 19.2. The number of nitrogens with two attached hydrogens (primary N) is 1. The lowest BCUT2D eigenvalue weighted by Crippen LogP contribution is -2.55. The number of hydrogen-bond donors (Lipinski definition) is 1. The fourth-order valence-corrected chi connectivity index (χ4v) is 5.36. The van der Waals surface area contributed by atoms with Crippen molar-refractivity contribution in [2.24, 2.45) is 16.9 Å². The molecule has 0 aliphatic carbocycles. The molecule has 0 spiro atoms. The predicted molar refractivity (Wildman–Crippen MR) is 110 cm³/mol. The molecule has 4 heteroatoms. The van der Waals surface area contributed by atoms with Crippen molar-refractivity contribution in [1.29, 1.82) is 0 Å². The lowest BCUT2D eigenvalue weighted by Gasteiger charge is -2.47. The van der Waals surface area contributed by atoms with Gasteiger partial charge in [0.15, 0.2) is 0 Å². The highest BCUT2D eigenvalue weighted by Gasteiger charge is 2.43. The van der Waals surface area contributed by atoms with Gasteiger partial charge in [0.05, 0.1) is 0 Å². The van der Waals surface area contributed by atoms with E-state index in [-0.39, 0.29) is 0 Å². The molecular formula is C22H36N4. The monoisotopic (exact) mass is 356 g/mol. The average molecular weight is 357 g/mol. The maximum Gasteiger partial charge on any atom is 0.121 e. The normalized spacial score (nSPS) is 27.7. The molecule has 0 amide bonds. The van der Waals surface area contributed by atoms with Crippen molar-refractivity contribution in [2.75, 3.05) is 0 Å². The van der Waals surface area contributed by atoms with E-state index in [2.05, 4.69) is 72.9 Å². The number of hydrogen-bond acceptors (Lipinski definition) is 3. The lowest BCUT2D eigenvalue weighted by molar-refractivity contribution is 0.0573. The number of amidine groups is 1. The zero-order valence-corrected chi connectivity index (χ0v) is 16.9. The summed E-state index contributed by atoms with van der Waals surface area (Å²) in [5.74, 6) is 7.34. The van der Waals surface area contributed by atoms with E-state index in [1.165, 1.54) is 31.2 Å². The molecule has 2 aliphatic heterocycles. The zero-order chi connectivity index (χ0) is 18.7. The Balaban J connectivity index is 1.75. The van der Waals surface area contributed by atoms with Crippen LogP contribution in [0, 0.1) is 5.92 Å². The molecule has 2 saturated heterocycles. The Bertz CT molecular complexity index is 583. The van der Waals surface area contributed by atoms with Gasteiger partial charge in [0, 0.05) is 30.7 Å². The van der Waals surface area contributed by atoms with Crippen LogP contribution in [0.25, 0.3) is 0 Å². The molecule has 0 saturated carbocycles. The minimum absolute atomic E-state index is 0.521. The van der Waals surface area contributed by atoms with Crippen LogP contribution in [-0.4, -0.2) is 39.8 Å². The van der Waals surface area contributed by atoms with E-state index in [1.807, 2.05) is 0 Å². The van der Waals surface area contributed by atoms with E-state index >= 15 is 0 Å². The summed E-state index contributed by atoms with van der Waals surface area (Å²) < 4.78 is 0. The number of rotatable bonds is 6. The molecule has 2 bridgehead atoms. The quantitative estimate of drug-likeness (QED) is 0.359. The first-order chi connectivity index (χ1) is 12.5. The van der Waals surface area contributed by atoms with Gasteiger partial charge in [-0.25, -0.2) is 0 Å². The molecule has 2 aliphatic rings. The van der Waals surface area contributed by atoms with Crippen molar-refractivity contribution in [1.82, 2.24) is 9.80 Å². The van der Waals surface area contributed by atoms with Crippen LogP contribution >= 0.6 is 0 Å². The summed E-state index contributed by atoms with van der Waals surface area (Å²) in [5, 5.41) is 4.10. The third-order valence-electron chi connectivity index (χ3n) is 6.57. The molecule has 2 fully saturated rings. The van der Waals surface area contributed by atoms with Gasteiger partial charge in [0.2, 0.25) is 0 Å². The minimum Gasteiger partial charge on any atom is -0.353 e. The molecule has 2 heterocycles. The van der Waals surface area contributed by atoms with Crippen LogP contribution in [-0.2, 0) is 6.54 Å². The van der Waals surface area contributed by atoms with Gasteiger partial charge in [-0.2, -0.15) is 5.10 Å². The molecule has 144 valence electrons. The van der Waals surface area contributed by atoms with Crippen LogP contribution in [0.4, 0.5) is 0 Å². The fourth-order valence-electron chi connectivity index (χ4n) is 5.36. The van der Waals surface area contributed by atoms with Gasteiger partial charge in [-0.3, -0.25) is 4.90 Å². The van der Waals surface area contributed by atoms with E-state index in [1.54, 1.807) is 0 Å². The van der Waals surface area contributed by atoms with E-state index in [0.29, 0.717) is 30.1 Å². The molecule has 3 atom stereocenters. The summed E-state index contributed by atoms with van der Waals surface area (Å²) in [6.07, 6.45) is 6.28. The first-order valence-corrected chi connectivity index (χ1v) is 10.4. The number of piperidine rings is 1. The third kappa shape index (κ3) is 3.90. The topological polar surface area (TPSA) is 44.9 Å². The molecule has 1 aromatic carbocycles. The van der Waals surface area contributed by atoms with Gasteiger partial charge < -0.3 is 10.7 Å². The lowest BCUT2D eigenvalue weighted by atomic mass is 9.90. The Morgan fingerprint density at radius 1 is 1.19 bits per heavy atom. The smallest absolute Gasteiger partial charge is 0.121 e.